The SMILES string of the molecule is CN(Cc1nc2ccc(N)cc2o1)CC(F)(F)F. The van der Waals surface area contributed by atoms with Gasteiger partial charge in [-0.1, -0.05) is 0 Å². The zero-order chi connectivity index (χ0) is 13.3. The van der Waals surface area contributed by atoms with Crippen LogP contribution < -0.4 is 5.73 Å². The number of nitrogen functional groups attached to an aromatic ring is 1. The van der Waals surface area contributed by atoms with E-state index < -0.39 is 12.7 Å². The molecule has 2 aromatic rings. The predicted molar refractivity (Wildman–Crippen MR) is 60.8 cm³/mol. The predicted octanol–water partition coefficient (Wildman–Crippen LogP) is 2.40. The monoisotopic (exact) mass is 259 g/mol. The normalized spacial score (nSPS) is 12.5. The Morgan fingerprint density at radius 1 is 1.39 bits per heavy atom. The van der Waals surface area contributed by atoms with E-state index in [0.717, 1.165) is 4.90 Å². The molecular weight excluding hydrogens is 247 g/mol. The molecule has 0 amide bonds. The highest BCUT2D eigenvalue weighted by Gasteiger charge is 2.29. The van der Waals surface area contributed by atoms with E-state index in [2.05, 4.69) is 4.98 Å². The Kier molecular flexibility index (Phi) is 3.16. The first-order valence-corrected chi connectivity index (χ1v) is 5.24. The van der Waals surface area contributed by atoms with Crippen molar-refractivity contribution in [1.82, 2.24) is 9.88 Å². The molecule has 0 aliphatic carbocycles. The van der Waals surface area contributed by atoms with Gasteiger partial charge in [0.25, 0.3) is 0 Å². The maximum absolute atomic E-state index is 12.2. The average molecular weight is 259 g/mol. The Labute approximate surface area is 101 Å². The molecule has 0 atom stereocenters. The maximum atomic E-state index is 12.2. The van der Waals surface area contributed by atoms with Crippen molar-refractivity contribution in [3.05, 3.63) is 24.1 Å². The van der Waals surface area contributed by atoms with Crippen molar-refractivity contribution in [2.45, 2.75) is 12.7 Å². The Balaban J connectivity index is 2.12. The molecule has 1 aromatic carbocycles. The molecule has 7 heteroatoms. The third-order valence-corrected chi connectivity index (χ3v) is 2.31. The van der Waals surface area contributed by atoms with E-state index in [9.17, 15) is 13.2 Å². The molecule has 1 heterocycles. The molecule has 18 heavy (non-hydrogen) atoms. The van der Waals surface area contributed by atoms with Gasteiger partial charge in [0.1, 0.15) is 5.52 Å². The van der Waals surface area contributed by atoms with E-state index in [0.29, 0.717) is 16.8 Å². The highest BCUT2D eigenvalue weighted by molar-refractivity contribution is 5.76. The van der Waals surface area contributed by atoms with E-state index in [4.69, 9.17) is 10.2 Å². The number of benzene rings is 1. The van der Waals surface area contributed by atoms with Crippen molar-refractivity contribution in [2.24, 2.45) is 0 Å². The standard InChI is InChI=1S/C11H12F3N3O/c1-17(6-11(12,13)14)5-10-16-8-3-2-7(15)4-9(8)18-10/h2-4H,5-6,15H2,1H3. The fraction of sp³-hybridized carbons (Fsp3) is 0.364. The van der Waals surface area contributed by atoms with Crippen molar-refractivity contribution in [3.63, 3.8) is 0 Å². The molecule has 4 nitrogen and oxygen atoms in total. The molecule has 2 rings (SSSR count). The van der Waals surface area contributed by atoms with Crippen LogP contribution in [0, 0.1) is 0 Å². The second kappa shape index (κ2) is 4.49. The van der Waals surface area contributed by atoms with Gasteiger partial charge < -0.3 is 10.2 Å². The molecule has 0 fully saturated rings. The lowest BCUT2D eigenvalue weighted by molar-refractivity contribution is -0.144. The van der Waals surface area contributed by atoms with Gasteiger partial charge in [0.05, 0.1) is 13.1 Å². The van der Waals surface area contributed by atoms with Gasteiger partial charge in [-0.3, -0.25) is 4.90 Å². The summed E-state index contributed by atoms with van der Waals surface area (Å²) in [5.41, 5.74) is 7.15. The Morgan fingerprint density at radius 3 is 2.78 bits per heavy atom. The summed E-state index contributed by atoms with van der Waals surface area (Å²) in [6.45, 7) is -1.01. The van der Waals surface area contributed by atoms with Crippen LogP contribution in [0.3, 0.4) is 0 Å². The topological polar surface area (TPSA) is 55.3 Å². The summed E-state index contributed by atoms with van der Waals surface area (Å²) in [6.07, 6.45) is -4.23. The number of alkyl halides is 3. The highest BCUT2D eigenvalue weighted by Crippen LogP contribution is 2.20. The Morgan fingerprint density at radius 2 is 2.11 bits per heavy atom. The molecule has 0 aliphatic heterocycles. The van der Waals surface area contributed by atoms with Crippen LogP contribution in [0.25, 0.3) is 11.1 Å². The molecule has 0 spiro atoms. The van der Waals surface area contributed by atoms with E-state index in [1.165, 1.54) is 7.05 Å². The number of hydrogen-bond acceptors (Lipinski definition) is 4. The molecule has 0 aliphatic rings. The zero-order valence-corrected chi connectivity index (χ0v) is 9.66. The summed E-state index contributed by atoms with van der Waals surface area (Å²) in [7, 11) is 1.36. The zero-order valence-electron chi connectivity index (χ0n) is 9.66. The van der Waals surface area contributed by atoms with Gasteiger partial charge in [-0.15, -0.1) is 0 Å². The summed E-state index contributed by atoms with van der Waals surface area (Å²) in [5, 5.41) is 0. The van der Waals surface area contributed by atoms with Crippen LogP contribution >= 0.6 is 0 Å². The van der Waals surface area contributed by atoms with E-state index in [1.54, 1.807) is 18.2 Å². The molecule has 0 radical (unpaired) electrons. The first-order chi connectivity index (χ1) is 8.33. The minimum atomic E-state index is -4.23. The van der Waals surface area contributed by atoms with Gasteiger partial charge in [-0.25, -0.2) is 4.98 Å². The Hall–Kier alpha value is -1.76. The van der Waals surface area contributed by atoms with Gasteiger partial charge in [0.2, 0.25) is 5.89 Å². The number of aromatic nitrogens is 1. The number of nitrogens with two attached hydrogens (primary N) is 1. The second-order valence-corrected chi connectivity index (χ2v) is 4.12. The van der Waals surface area contributed by atoms with E-state index in [-0.39, 0.29) is 12.4 Å². The van der Waals surface area contributed by atoms with Crippen molar-refractivity contribution in [3.8, 4) is 0 Å². The summed E-state index contributed by atoms with van der Waals surface area (Å²) in [4.78, 5) is 5.18. The number of nitrogens with zero attached hydrogens (tertiary/aromatic N) is 2. The van der Waals surface area contributed by atoms with Crippen LogP contribution in [-0.4, -0.2) is 29.7 Å². The number of rotatable bonds is 3. The van der Waals surface area contributed by atoms with Gasteiger partial charge in [-0.05, 0) is 19.2 Å². The molecular formula is C11H12F3N3O. The summed E-state index contributed by atoms with van der Waals surface area (Å²) in [5.74, 6) is 0.238. The lowest BCUT2D eigenvalue weighted by Gasteiger charge is -2.16. The van der Waals surface area contributed by atoms with Crippen molar-refractivity contribution >= 4 is 16.8 Å². The molecule has 2 N–H and O–H groups in total. The van der Waals surface area contributed by atoms with Gasteiger partial charge in [-0.2, -0.15) is 13.2 Å². The van der Waals surface area contributed by atoms with Gasteiger partial charge in [0.15, 0.2) is 5.58 Å². The minimum absolute atomic E-state index is 0.00586. The minimum Gasteiger partial charge on any atom is -0.439 e. The van der Waals surface area contributed by atoms with E-state index in [1.807, 2.05) is 0 Å². The van der Waals surface area contributed by atoms with Crippen LogP contribution in [-0.2, 0) is 6.54 Å². The number of anilines is 1. The molecule has 1 aromatic heterocycles. The van der Waals surface area contributed by atoms with Crippen LogP contribution in [0.1, 0.15) is 5.89 Å². The van der Waals surface area contributed by atoms with Gasteiger partial charge >= 0.3 is 6.18 Å². The van der Waals surface area contributed by atoms with Crippen LogP contribution in [0.2, 0.25) is 0 Å². The molecule has 0 saturated heterocycles. The third-order valence-electron chi connectivity index (χ3n) is 2.31. The molecule has 0 unspecified atom stereocenters. The van der Waals surface area contributed by atoms with Crippen molar-refractivity contribution < 1.29 is 17.6 Å². The molecule has 98 valence electrons. The van der Waals surface area contributed by atoms with Crippen LogP contribution in [0.4, 0.5) is 18.9 Å². The van der Waals surface area contributed by atoms with Crippen LogP contribution in [0.15, 0.2) is 22.6 Å². The summed E-state index contributed by atoms with van der Waals surface area (Å²) in [6, 6.07) is 4.92. The highest BCUT2D eigenvalue weighted by atomic mass is 19.4. The number of hydrogen-bond donors (Lipinski definition) is 1. The van der Waals surface area contributed by atoms with E-state index >= 15 is 0 Å². The maximum Gasteiger partial charge on any atom is 0.401 e. The third kappa shape index (κ3) is 3.13. The first-order valence-electron chi connectivity index (χ1n) is 5.24. The molecule has 0 saturated carbocycles. The van der Waals surface area contributed by atoms with Crippen molar-refractivity contribution in [1.29, 1.82) is 0 Å². The summed E-state index contributed by atoms with van der Waals surface area (Å²) >= 11 is 0. The lowest BCUT2D eigenvalue weighted by Crippen LogP contribution is -2.30. The van der Waals surface area contributed by atoms with Crippen molar-refractivity contribution in [2.75, 3.05) is 19.3 Å². The average Bonchev–Trinajstić information content (AvgIpc) is 2.55. The molecule has 0 bridgehead atoms. The quantitative estimate of drug-likeness (QED) is 0.860. The summed E-state index contributed by atoms with van der Waals surface area (Å²) < 4.78 is 41.8. The lowest BCUT2D eigenvalue weighted by atomic mass is 10.3. The number of halogens is 3. The fourth-order valence-electron chi connectivity index (χ4n) is 1.65. The first kappa shape index (κ1) is 12.7. The number of fused-ring (bicyclic) bond motifs is 1. The Bertz CT molecular complexity index is 550. The smallest absolute Gasteiger partial charge is 0.401 e. The van der Waals surface area contributed by atoms with Crippen LogP contribution in [0.5, 0.6) is 0 Å². The largest absolute Gasteiger partial charge is 0.439 e. The van der Waals surface area contributed by atoms with Gasteiger partial charge in [0, 0.05) is 11.8 Å². The fourth-order valence-corrected chi connectivity index (χ4v) is 1.65. The number of oxazole rings is 1. The second-order valence-electron chi connectivity index (χ2n) is 4.12.